The second-order valence-corrected chi connectivity index (χ2v) is 4.51. The third-order valence-corrected chi connectivity index (χ3v) is 3.21. The Bertz CT molecular complexity index is 567. The Kier molecular flexibility index (Phi) is 3.61. The summed E-state index contributed by atoms with van der Waals surface area (Å²) in [6, 6.07) is 3.17. The molecule has 2 rings (SSSR count). The third kappa shape index (κ3) is 2.87. The van der Waals surface area contributed by atoms with E-state index in [2.05, 4.69) is 0 Å². The van der Waals surface area contributed by atoms with Crippen LogP contribution in [-0.4, -0.2) is 29.2 Å². The number of alkyl halides is 3. The SMILES string of the molecule is Nc1ccc(C(F)(F)F)cc1C1=CCN(C(=O)O)CC1. The summed E-state index contributed by atoms with van der Waals surface area (Å²) in [5, 5.41) is 8.82. The van der Waals surface area contributed by atoms with Gasteiger partial charge in [0.1, 0.15) is 0 Å². The summed E-state index contributed by atoms with van der Waals surface area (Å²) in [5.74, 6) is 0. The molecule has 20 heavy (non-hydrogen) atoms. The molecule has 0 aromatic heterocycles. The minimum Gasteiger partial charge on any atom is -0.465 e. The molecule has 0 unspecified atom stereocenters. The van der Waals surface area contributed by atoms with E-state index in [1.807, 2.05) is 0 Å². The number of hydrogen-bond acceptors (Lipinski definition) is 2. The van der Waals surface area contributed by atoms with Gasteiger partial charge in [0.2, 0.25) is 0 Å². The van der Waals surface area contributed by atoms with E-state index in [0.717, 1.165) is 12.1 Å². The largest absolute Gasteiger partial charge is 0.465 e. The molecule has 0 saturated heterocycles. The van der Waals surface area contributed by atoms with Gasteiger partial charge in [-0.1, -0.05) is 6.08 Å². The summed E-state index contributed by atoms with van der Waals surface area (Å²) in [7, 11) is 0. The van der Waals surface area contributed by atoms with Gasteiger partial charge in [0.25, 0.3) is 0 Å². The molecule has 1 aliphatic rings. The van der Waals surface area contributed by atoms with Crippen LogP contribution in [0, 0.1) is 0 Å². The molecule has 0 saturated carbocycles. The molecule has 0 fully saturated rings. The topological polar surface area (TPSA) is 66.6 Å². The van der Waals surface area contributed by atoms with Gasteiger partial charge in [-0.3, -0.25) is 0 Å². The quantitative estimate of drug-likeness (QED) is 0.780. The van der Waals surface area contributed by atoms with Crippen molar-refractivity contribution >= 4 is 17.4 Å². The lowest BCUT2D eigenvalue weighted by atomic mass is 9.96. The summed E-state index contributed by atoms with van der Waals surface area (Å²) in [6.45, 7) is 0.400. The van der Waals surface area contributed by atoms with Crippen LogP contribution in [0.2, 0.25) is 0 Å². The molecule has 1 amide bonds. The van der Waals surface area contributed by atoms with Crippen molar-refractivity contribution in [2.24, 2.45) is 0 Å². The third-order valence-electron chi connectivity index (χ3n) is 3.21. The fourth-order valence-electron chi connectivity index (χ4n) is 2.10. The van der Waals surface area contributed by atoms with E-state index >= 15 is 0 Å². The molecule has 0 atom stereocenters. The van der Waals surface area contributed by atoms with Crippen molar-refractivity contribution < 1.29 is 23.1 Å². The van der Waals surface area contributed by atoms with Crippen molar-refractivity contribution in [1.82, 2.24) is 4.90 Å². The Hall–Kier alpha value is -2.18. The lowest BCUT2D eigenvalue weighted by Gasteiger charge is -2.24. The molecule has 1 aliphatic heterocycles. The lowest BCUT2D eigenvalue weighted by Crippen LogP contribution is -2.33. The highest BCUT2D eigenvalue weighted by atomic mass is 19.4. The smallest absolute Gasteiger partial charge is 0.416 e. The van der Waals surface area contributed by atoms with Crippen molar-refractivity contribution in [2.45, 2.75) is 12.6 Å². The average molecular weight is 286 g/mol. The van der Waals surface area contributed by atoms with Crippen molar-refractivity contribution in [3.63, 3.8) is 0 Å². The molecule has 1 heterocycles. The van der Waals surface area contributed by atoms with Crippen LogP contribution in [0.3, 0.4) is 0 Å². The molecule has 0 radical (unpaired) electrons. The monoisotopic (exact) mass is 286 g/mol. The van der Waals surface area contributed by atoms with Gasteiger partial charge in [-0.05, 0) is 30.2 Å². The molecule has 3 N–H and O–H groups in total. The van der Waals surface area contributed by atoms with Crippen LogP contribution >= 0.6 is 0 Å². The molecular weight excluding hydrogens is 273 g/mol. The maximum atomic E-state index is 12.7. The van der Waals surface area contributed by atoms with Gasteiger partial charge in [0, 0.05) is 24.3 Å². The number of nitrogen functional groups attached to an aromatic ring is 1. The van der Waals surface area contributed by atoms with Gasteiger partial charge >= 0.3 is 12.3 Å². The number of carbonyl (C=O) groups is 1. The van der Waals surface area contributed by atoms with Crippen molar-refractivity contribution in [3.05, 3.63) is 35.4 Å². The van der Waals surface area contributed by atoms with Crippen LogP contribution in [0.5, 0.6) is 0 Å². The standard InChI is InChI=1S/C13H13F3N2O2/c14-13(15,16)9-1-2-11(17)10(7-9)8-3-5-18(6-4-8)12(19)20/h1-3,7H,4-6,17H2,(H,19,20). The number of hydrogen-bond donors (Lipinski definition) is 2. The summed E-state index contributed by atoms with van der Waals surface area (Å²) < 4.78 is 38.1. The first kappa shape index (κ1) is 14.2. The average Bonchev–Trinajstić information content (AvgIpc) is 2.38. The molecule has 0 bridgehead atoms. The highest BCUT2D eigenvalue weighted by molar-refractivity contribution is 5.77. The molecule has 108 valence electrons. The first-order valence-electron chi connectivity index (χ1n) is 5.93. The zero-order chi connectivity index (χ0) is 14.9. The number of nitrogens with zero attached hydrogens (tertiary/aromatic N) is 1. The number of benzene rings is 1. The van der Waals surface area contributed by atoms with Crippen molar-refractivity contribution in [2.75, 3.05) is 18.8 Å². The normalized spacial score (nSPS) is 15.9. The van der Waals surface area contributed by atoms with Crippen LogP contribution in [0.25, 0.3) is 5.57 Å². The molecule has 1 aromatic carbocycles. The predicted molar refractivity (Wildman–Crippen MR) is 68.0 cm³/mol. The number of amides is 1. The maximum absolute atomic E-state index is 12.7. The second-order valence-electron chi connectivity index (χ2n) is 4.51. The number of rotatable bonds is 1. The number of halogens is 3. The minimum atomic E-state index is -4.43. The Morgan fingerprint density at radius 3 is 2.55 bits per heavy atom. The zero-order valence-electron chi connectivity index (χ0n) is 10.4. The van der Waals surface area contributed by atoms with Crippen LogP contribution in [0.15, 0.2) is 24.3 Å². The van der Waals surface area contributed by atoms with E-state index in [1.165, 1.54) is 11.0 Å². The van der Waals surface area contributed by atoms with Crippen LogP contribution in [-0.2, 0) is 6.18 Å². The number of carboxylic acid groups (broad SMARTS) is 1. The van der Waals surface area contributed by atoms with Gasteiger partial charge in [-0.25, -0.2) is 4.79 Å². The molecule has 1 aromatic rings. The zero-order valence-corrected chi connectivity index (χ0v) is 10.4. The summed E-state index contributed by atoms with van der Waals surface area (Å²) >= 11 is 0. The van der Waals surface area contributed by atoms with E-state index in [1.54, 1.807) is 6.08 Å². The first-order valence-corrected chi connectivity index (χ1v) is 5.93. The summed E-state index contributed by atoms with van der Waals surface area (Å²) in [5.41, 5.74) is 6.18. The van der Waals surface area contributed by atoms with Crippen LogP contribution in [0.1, 0.15) is 17.5 Å². The Labute approximate surface area is 113 Å². The molecular formula is C13H13F3N2O2. The van der Waals surface area contributed by atoms with Crippen molar-refractivity contribution in [1.29, 1.82) is 0 Å². The highest BCUT2D eigenvalue weighted by Crippen LogP contribution is 2.34. The lowest BCUT2D eigenvalue weighted by molar-refractivity contribution is -0.137. The van der Waals surface area contributed by atoms with E-state index in [0.29, 0.717) is 17.6 Å². The van der Waals surface area contributed by atoms with E-state index in [-0.39, 0.29) is 18.8 Å². The second kappa shape index (κ2) is 5.07. The van der Waals surface area contributed by atoms with Crippen LogP contribution in [0.4, 0.5) is 23.7 Å². The maximum Gasteiger partial charge on any atom is 0.416 e. The van der Waals surface area contributed by atoms with Gasteiger partial charge in [-0.2, -0.15) is 13.2 Å². The predicted octanol–water partition coefficient (Wildman–Crippen LogP) is 3.05. The van der Waals surface area contributed by atoms with Gasteiger partial charge < -0.3 is 15.7 Å². The molecule has 0 aliphatic carbocycles. The fraction of sp³-hybridized carbons (Fsp3) is 0.308. The Morgan fingerprint density at radius 2 is 2.05 bits per heavy atom. The fourth-order valence-corrected chi connectivity index (χ4v) is 2.10. The van der Waals surface area contributed by atoms with E-state index in [4.69, 9.17) is 10.8 Å². The van der Waals surface area contributed by atoms with Crippen LogP contribution < -0.4 is 5.73 Å². The molecule has 4 nitrogen and oxygen atoms in total. The Balaban J connectivity index is 2.32. The van der Waals surface area contributed by atoms with Gasteiger partial charge in [0.05, 0.1) is 5.56 Å². The molecule has 0 spiro atoms. The van der Waals surface area contributed by atoms with E-state index < -0.39 is 17.8 Å². The Morgan fingerprint density at radius 1 is 1.35 bits per heavy atom. The van der Waals surface area contributed by atoms with Gasteiger partial charge in [-0.15, -0.1) is 0 Å². The van der Waals surface area contributed by atoms with Gasteiger partial charge in [0.15, 0.2) is 0 Å². The summed E-state index contributed by atoms with van der Waals surface area (Å²) in [6.07, 6.45) is -3.52. The highest BCUT2D eigenvalue weighted by Gasteiger charge is 2.31. The summed E-state index contributed by atoms with van der Waals surface area (Å²) in [4.78, 5) is 12.0. The first-order chi connectivity index (χ1) is 9.29. The number of nitrogens with two attached hydrogens (primary N) is 1. The molecule has 7 heteroatoms. The number of anilines is 1. The van der Waals surface area contributed by atoms with Crippen molar-refractivity contribution in [3.8, 4) is 0 Å². The van der Waals surface area contributed by atoms with E-state index in [9.17, 15) is 18.0 Å². The minimum absolute atomic E-state index is 0.153.